The number of hydrogen-bond donors (Lipinski definition) is 1. The zero-order valence-electron chi connectivity index (χ0n) is 12.4. The molecule has 1 aromatic rings. The molecule has 1 heterocycles. The fourth-order valence-corrected chi connectivity index (χ4v) is 4.29. The second-order valence-corrected chi connectivity index (χ2v) is 7.31. The van der Waals surface area contributed by atoms with Gasteiger partial charge in [-0.2, -0.15) is 11.8 Å². The first-order valence-corrected chi connectivity index (χ1v) is 8.95. The number of nitrogens with two attached hydrogens (primary N) is 1. The topological polar surface area (TPSA) is 29.3 Å². The van der Waals surface area contributed by atoms with Crippen molar-refractivity contribution >= 4 is 23.4 Å². The van der Waals surface area contributed by atoms with Crippen LogP contribution in [0.4, 0.5) is 0 Å². The molecule has 1 aromatic carbocycles. The molecule has 20 heavy (non-hydrogen) atoms. The van der Waals surface area contributed by atoms with Gasteiger partial charge in [-0.15, -0.1) is 0 Å². The van der Waals surface area contributed by atoms with Crippen molar-refractivity contribution < 1.29 is 0 Å². The largest absolute Gasteiger partial charge is 0.326 e. The second kappa shape index (κ2) is 7.69. The maximum absolute atomic E-state index is 6.43. The lowest BCUT2D eigenvalue weighted by atomic mass is 9.96. The molecule has 2 rings (SSSR count). The van der Waals surface area contributed by atoms with E-state index in [0.717, 1.165) is 29.8 Å². The van der Waals surface area contributed by atoms with E-state index < -0.39 is 0 Å². The van der Waals surface area contributed by atoms with Gasteiger partial charge in [-0.05, 0) is 30.5 Å². The normalized spacial score (nSPS) is 23.5. The van der Waals surface area contributed by atoms with Gasteiger partial charge in [-0.1, -0.05) is 37.6 Å². The van der Waals surface area contributed by atoms with Crippen molar-refractivity contribution in [3.8, 4) is 0 Å². The van der Waals surface area contributed by atoms with Crippen molar-refractivity contribution in [3.63, 3.8) is 0 Å². The summed E-state index contributed by atoms with van der Waals surface area (Å²) in [5.41, 5.74) is 7.68. The van der Waals surface area contributed by atoms with E-state index in [4.69, 9.17) is 17.3 Å². The van der Waals surface area contributed by atoms with Crippen molar-refractivity contribution in [2.45, 2.75) is 44.0 Å². The van der Waals surface area contributed by atoms with E-state index in [1.54, 1.807) is 0 Å². The van der Waals surface area contributed by atoms with Crippen LogP contribution in [0.15, 0.2) is 24.3 Å². The average Bonchev–Trinajstić information content (AvgIpc) is 2.47. The standard InChI is InChI=1S/C16H25ClN2S/c1-3-14-11-19(8-9-20-14)16(15(18)4-2)12-6-5-7-13(17)10-12/h5-7,10,14-16H,3-4,8-9,11,18H2,1-2H3. The van der Waals surface area contributed by atoms with Crippen LogP contribution in [0.2, 0.25) is 5.02 Å². The number of benzene rings is 1. The minimum Gasteiger partial charge on any atom is -0.326 e. The summed E-state index contributed by atoms with van der Waals surface area (Å²) >= 11 is 8.26. The van der Waals surface area contributed by atoms with Crippen LogP contribution < -0.4 is 5.73 Å². The predicted octanol–water partition coefficient (Wildman–Crippen LogP) is 3.95. The molecule has 0 saturated carbocycles. The quantitative estimate of drug-likeness (QED) is 0.892. The Balaban J connectivity index is 2.23. The van der Waals surface area contributed by atoms with E-state index in [-0.39, 0.29) is 12.1 Å². The van der Waals surface area contributed by atoms with Crippen LogP contribution in [0, 0.1) is 0 Å². The predicted molar refractivity (Wildman–Crippen MR) is 90.6 cm³/mol. The molecule has 1 fully saturated rings. The number of halogens is 1. The minimum absolute atomic E-state index is 0.161. The summed E-state index contributed by atoms with van der Waals surface area (Å²) < 4.78 is 0. The molecular formula is C16H25ClN2S. The molecule has 0 spiro atoms. The fourth-order valence-electron chi connectivity index (χ4n) is 2.88. The van der Waals surface area contributed by atoms with E-state index in [9.17, 15) is 0 Å². The van der Waals surface area contributed by atoms with Crippen LogP contribution in [-0.2, 0) is 0 Å². The monoisotopic (exact) mass is 312 g/mol. The highest BCUT2D eigenvalue weighted by molar-refractivity contribution is 8.00. The smallest absolute Gasteiger partial charge is 0.0500 e. The maximum Gasteiger partial charge on any atom is 0.0500 e. The Labute approximate surface area is 132 Å². The fraction of sp³-hybridized carbons (Fsp3) is 0.625. The Bertz CT molecular complexity index is 427. The van der Waals surface area contributed by atoms with E-state index in [1.165, 1.54) is 17.7 Å². The van der Waals surface area contributed by atoms with Crippen molar-refractivity contribution in [2.24, 2.45) is 5.73 Å². The molecule has 0 aliphatic carbocycles. The van der Waals surface area contributed by atoms with Crippen LogP contribution in [0.25, 0.3) is 0 Å². The number of rotatable bonds is 5. The molecule has 1 aliphatic rings. The Morgan fingerprint density at radius 2 is 2.25 bits per heavy atom. The van der Waals surface area contributed by atoms with Gasteiger partial charge in [0.1, 0.15) is 0 Å². The van der Waals surface area contributed by atoms with Crippen LogP contribution in [-0.4, -0.2) is 35.0 Å². The molecule has 0 amide bonds. The van der Waals surface area contributed by atoms with Crippen LogP contribution in [0.1, 0.15) is 38.3 Å². The van der Waals surface area contributed by atoms with Gasteiger partial charge in [0.15, 0.2) is 0 Å². The molecule has 2 N–H and O–H groups in total. The Morgan fingerprint density at radius 1 is 1.45 bits per heavy atom. The molecule has 3 atom stereocenters. The highest BCUT2D eigenvalue weighted by Crippen LogP contribution is 2.32. The third-order valence-corrected chi connectivity index (χ3v) is 5.69. The molecule has 1 saturated heterocycles. The summed E-state index contributed by atoms with van der Waals surface area (Å²) in [6.45, 7) is 6.69. The van der Waals surface area contributed by atoms with E-state index >= 15 is 0 Å². The third kappa shape index (κ3) is 3.91. The summed E-state index contributed by atoms with van der Waals surface area (Å²) in [6, 6.07) is 8.64. The highest BCUT2D eigenvalue weighted by Gasteiger charge is 2.30. The summed E-state index contributed by atoms with van der Waals surface area (Å²) in [5.74, 6) is 1.20. The zero-order valence-corrected chi connectivity index (χ0v) is 14.0. The summed E-state index contributed by atoms with van der Waals surface area (Å²) in [5, 5.41) is 1.53. The van der Waals surface area contributed by atoms with Gasteiger partial charge >= 0.3 is 0 Å². The van der Waals surface area contributed by atoms with Gasteiger partial charge < -0.3 is 5.73 Å². The van der Waals surface area contributed by atoms with Crippen molar-refractivity contribution in [2.75, 3.05) is 18.8 Å². The molecule has 112 valence electrons. The van der Waals surface area contributed by atoms with Gasteiger partial charge in [0.25, 0.3) is 0 Å². The molecular weight excluding hydrogens is 288 g/mol. The number of nitrogens with zero attached hydrogens (tertiary/aromatic N) is 1. The Morgan fingerprint density at radius 3 is 2.90 bits per heavy atom. The van der Waals surface area contributed by atoms with Crippen molar-refractivity contribution in [1.82, 2.24) is 4.90 Å². The van der Waals surface area contributed by atoms with Crippen LogP contribution >= 0.6 is 23.4 Å². The average molecular weight is 313 g/mol. The van der Waals surface area contributed by atoms with Crippen molar-refractivity contribution in [1.29, 1.82) is 0 Å². The molecule has 0 bridgehead atoms. The summed E-state index contributed by atoms with van der Waals surface area (Å²) in [4.78, 5) is 2.56. The van der Waals surface area contributed by atoms with Gasteiger partial charge in [0.2, 0.25) is 0 Å². The van der Waals surface area contributed by atoms with Crippen LogP contribution in [0.3, 0.4) is 0 Å². The van der Waals surface area contributed by atoms with E-state index in [0.29, 0.717) is 0 Å². The molecule has 2 nitrogen and oxygen atoms in total. The lowest BCUT2D eigenvalue weighted by molar-refractivity contribution is 0.174. The molecule has 0 radical (unpaired) electrons. The van der Waals surface area contributed by atoms with Crippen molar-refractivity contribution in [3.05, 3.63) is 34.9 Å². The van der Waals surface area contributed by atoms with Gasteiger partial charge in [-0.3, -0.25) is 4.90 Å². The first-order valence-electron chi connectivity index (χ1n) is 7.52. The Hall–Kier alpha value is -0.220. The van der Waals surface area contributed by atoms with E-state index in [2.05, 4.69) is 42.6 Å². The molecule has 0 aromatic heterocycles. The van der Waals surface area contributed by atoms with Gasteiger partial charge in [-0.25, -0.2) is 0 Å². The SMILES string of the molecule is CCC1CN(C(c2cccc(Cl)c2)C(N)CC)CCS1. The minimum atomic E-state index is 0.161. The van der Waals surface area contributed by atoms with Gasteiger partial charge in [0, 0.05) is 41.2 Å². The van der Waals surface area contributed by atoms with Gasteiger partial charge in [0.05, 0.1) is 0 Å². The Kier molecular flexibility index (Phi) is 6.21. The molecule has 3 unspecified atom stereocenters. The second-order valence-electron chi connectivity index (χ2n) is 5.47. The lowest BCUT2D eigenvalue weighted by Gasteiger charge is -2.40. The first-order chi connectivity index (χ1) is 9.65. The lowest BCUT2D eigenvalue weighted by Crippen LogP contribution is -2.46. The summed E-state index contributed by atoms with van der Waals surface area (Å²) in [6.07, 6.45) is 2.21. The molecule has 1 aliphatic heterocycles. The zero-order chi connectivity index (χ0) is 14.5. The summed E-state index contributed by atoms with van der Waals surface area (Å²) in [7, 11) is 0. The molecule has 4 heteroatoms. The third-order valence-electron chi connectivity index (χ3n) is 4.09. The first kappa shape index (κ1) is 16.2. The van der Waals surface area contributed by atoms with Crippen LogP contribution in [0.5, 0.6) is 0 Å². The number of thioether (sulfide) groups is 1. The number of hydrogen-bond acceptors (Lipinski definition) is 3. The van der Waals surface area contributed by atoms with E-state index in [1.807, 2.05) is 12.1 Å². The highest BCUT2D eigenvalue weighted by atomic mass is 35.5. The maximum atomic E-state index is 6.43.